The first-order chi connectivity index (χ1) is 10.1. The summed E-state index contributed by atoms with van der Waals surface area (Å²) in [6.07, 6.45) is 1.30. The van der Waals surface area contributed by atoms with Crippen molar-refractivity contribution in [3.05, 3.63) is 47.6 Å². The quantitative estimate of drug-likeness (QED) is 0.771. The standard InChI is InChI=1S/C13H11N5O3/c1-8-2-4-9(5-3-8)12-16-15-11(21-12)7-18-6-10(13(19)20)14-17-18/h2-6H,7H2,1H3,(H,19,20). The Bertz CT molecular complexity index is 775. The van der Waals surface area contributed by atoms with Gasteiger partial charge in [0, 0.05) is 5.56 Å². The summed E-state index contributed by atoms with van der Waals surface area (Å²) in [7, 11) is 0. The van der Waals surface area contributed by atoms with E-state index in [1.54, 1.807) is 0 Å². The van der Waals surface area contributed by atoms with Gasteiger partial charge in [0.2, 0.25) is 11.8 Å². The largest absolute Gasteiger partial charge is 0.476 e. The van der Waals surface area contributed by atoms with Crippen LogP contribution in [0.25, 0.3) is 11.5 Å². The molecule has 3 rings (SSSR count). The predicted molar refractivity (Wildman–Crippen MR) is 70.6 cm³/mol. The van der Waals surface area contributed by atoms with Gasteiger partial charge in [-0.1, -0.05) is 22.9 Å². The summed E-state index contributed by atoms with van der Waals surface area (Å²) in [4.78, 5) is 10.7. The van der Waals surface area contributed by atoms with Crippen LogP contribution in [0.5, 0.6) is 0 Å². The summed E-state index contributed by atoms with van der Waals surface area (Å²) in [6.45, 7) is 2.16. The van der Waals surface area contributed by atoms with Gasteiger partial charge in [0.15, 0.2) is 5.69 Å². The third-order valence-electron chi connectivity index (χ3n) is 2.82. The van der Waals surface area contributed by atoms with Gasteiger partial charge in [0.1, 0.15) is 6.54 Å². The van der Waals surface area contributed by atoms with Crippen LogP contribution in [0.3, 0.4) is 0 Å². The molecule has 1 aromatic carbocycles. The van der Waals surface area contributed by atoms with Gasteiger partial charge in [-0.3, -0.25) is 0 Å². The predicted octanol–water partition coefficient (Wildman–Crippen LogP) is 1.38. The van der Waals surface area contributed by atoms with E-state index >= 15 is 0 Å². The fraction of sp³-hybridized carbons (Fsp3) is 0.154. The Kier molecular flexibility index (Phi) is 3.19. The molecule has 8 heteroatoms. The van der Waals surface area contributed by atoms with Crippen LogP contribution in [-0.2, 0) is 6.54 Å². The lowest BCUT2D eigenvalue weighted by molar-refractivity contribution is 0.0690. The van der Waals surface area contributed by atoms with Gasteiger partial charge in [-0.2, -0.15) is 0 Å². The van der Waals surface area contributed by atoms with E-state index in [1.807, 2.05) is 31.2 Å². The Hall–Kier alpha value is -3.03. The minimum atomic E-state index is -1.13. The molecule has 0 amide bonds. The molecular weight excluding hydrogens is 274 g/mol. The fourth-order valence-corrected chi connectivity index (χ4v) is 1.74. The van der Waals surface area contributed by atoms with Crippen LogP contribution in [0.4, 0.5) is 0 Å². The highest BCUT2D eigenvalue weighted by Gasteiger charge is 2.12. The lowest BCUT2D eigenvalue weighted by atomic mass is 10.1. The second-order valence-electron chi connectivity index (χ2n) is 4.47. The maximum atomic E-state index is 10.7. The van der Waals surface area contributed by atoms with Crippen LogP contribution in [0.1, 0.15) is 21.9 Å². The van der Waals surface area contributed by atoms with Crippen molar-refractivity contribution in [2.75, 3.05) is 0 Å². The normalized spacial score (nSPS) is 10.7. The molecule has 0 aliphatic heterocycles. The van der Waals surface area contributed by atoms with Gasteiger partial charge in [-0.25, -0.2) is 9.48 Å². The van der Waals surface area contributed by atoms with Gasteiger partial charge in [0.05, 0.1) is 6.20 Å². The maximum Gasteiger partial charge on any atom is 0.358 e. The minimum absolute atomic E-state index is 0.131. The Morgan fingerprint density at radius 1 is 1.24 bits per heavy atom. The molecule has 0 spiro atoms. The lowest BCUT2D eigenvalue weighted by Crippen LogP contribution is -2.00. The minimum Gasteiger partial charge on any atom is -0.476 e. The van der Waals surface area contributed by atoms with E-state index in [2.05, 4.69) is 20.5 Å². The molecule has 0 saturated carbocycles. The van der Waals surface area contributed by atoms with Crippen molar-refractivity contribution < 1.29 is 14.3 Å². The Morgan fingerprint density at radius 3 is 2.67 bits per heavy atom. The SMILES string of the molecule is Cc1ccc(-c2nnc(Cn3cc(C(=O)O)nn3)o2)cc1. The first kappa shape index (κ1) is 13.0. The van der Waals surface area contributed by atoms with Crippen molar-refractivity contribution in [1.82, 2.24) is 25.2 Å². The molecule has 8 nitrogen and oxygen atoms in total. The van der Waals surface area contributed by atoms with Crippen LogP contribution >= 0.6 is 0 Å². The molecule has 2 aromatic heterocycles. The second-order valence-corrected chi connectivity index (χ2v) is 4.47. The highest BCUT2D eigenvalue weighted by atomic mass is 16.4. The average molecular weight is 285 g/mol. The maximum absolute atomic E-state index is 10.7. The van der Waals surface area contributed by atoms with Gasteiger partial charge < -0.3 is 9.52 Å². The molecule has 0 fully saturated rings. The highest BCUT2D eigenvalue weighted by Crippen LogP contribution is 2.18. The first-order valence-corrected chi connectivity index (χ1v) is 6.14. The summed E-state index contributed by atoms with van der Waals surface area (Å²) in [5.41, 5.74) is 1.83. The van der Waals surface area contributed by atoms with Gasteiger partial charge in [-0.05, 0) is 19.1 Å². The number of rotatable bonds is 4. The molecule has 0 radical (unpaired) electrons. The number of carboxylic acid groups (broad SMARTS) is 1. The fourth-order valence-electron chi connectivity index (χ4n) is 1.74. The molecule has 0 aliphatic carbocycles. The number of aromatic carboxylic acids is 1. The Labute approximate surface area is 119 Å². The summed E-state index contributed by atoms with van der Waals surface area (Å²) < 4.78 is 6.85. The summed E-state index contributed by atoms with van der Waals surface area (Å²) in [5.74, 6) is -0.400. The number of carboxylic acids is 1. The number of aromatic nitrogens is 5. The van der Waals surface area contributed by atoms with Crippen LogP contribution in [-0.4, -0.2) is 36.3 Å². The molecule has 0 saturated heterocycles. The molecule has 2 heterocycles. The van der Waals surface area contributed by atoms with Crippen LogP contribution < -0.4 is 0 Å². The lowest BCUT2D eigenvalue weighted by Gasteiger charge is -1.96. The number of carbonyl (C=O) groups is 1. The number of hydrogen-bond donors (Lipinski definition) is 1. The van der Waals surface area contributed by atoms with E-state index in [9.17, 15) is 4.79 Å². The first-order valence-electron chi connectivity index (χ1n) is 6.14. The monoisotopic (exact) mass is 285 g/mol. The third-order valence-corrected chi connectivity index (χ3v) is 2.82. The van der Waals surface area contributed by atoms with Crippen LogP contribution in [0.2, 0.25) is 0 Å². The average Bonchev–Trinajstić information content (AvgIpc) is 3.10. The van der Waals surface area contributed by atoms with E-state index < -0.39 is 5.97 Å². The molecule has 21 heavy (non-hydrogen) atoms. The van der Waals surface area contributed by atoms with E-state index in [0.717, 1.165) is 11.1 Å². The summed E-state index contributed by atoms with van der Waals surface area (Å²) in [6, 6.07) is 7.70. The van der Waals surface area contributed by atoms with E-state index in [0.29, 0.717) is 11.8 Å². The molecular formula is C13H11N5O3. The second kappa shape index (κ2) is 5.16. The smallest absolute Gasteiger partial charge is 0.358 e. The van der Waals surface area contributed by atoms with Crippen molar-refractivity contribution in [3.63, 3.8) is 0 Å². The highest BCUT2D eigenvalue weighted by molar-refractivity contribution is 5.84. The third kappa shape index (κ3) is 2.78. The molecule has 0 unspecified atom stereocenters. The van der Waals surface area contributed by atoms with Crippen molar-refractivity contribution in [2.24, 2.45) is 0 Å². The number of hydrogen-bond acceptors (Lipinski definition) is 6. The molecule has 1 N–H and O–H groups in total. The van der Waals surface area contributed by atoms with Gasteiger partial charge >= 0.3 is 5.97 Å². The number of nitrogens with zero attached hydrogens (tertiary/aromatic N) is 5. The van der Waals surface area contributed by atoms with Crippen molar-refractivity contribution in [1.29, 1.82) is 0 Å². The zero-order valence-electron chi connectivity index (χ0n) is 11.1. The van der Waals surface area contributed by atoms with Crippen molar-refractivity contribution in [2.45, 2.75) is 13.5 Å². The topological polar surface area (TPSA) is 107 Å². The molecule has 0 bridgehead atoms. The molecule has 0 atom stereocenters. The number of benzene rings is 1. The van der Waals surface area contributed by atoms with E-state index in [-0.39, 0.29) is 12.2 Å². The van der Waals surface area contributed by atoms with Crippen molar-refractivity contribution in [3.8, 4) is 11.5 Å². The number of aryl methyl sites for hydroxylation is 1. The van der Waals surface area contributed by atoms with Crippen LogP contribution in [0.15, 0.2) is 34.9 Å². The molecule has 0 aliphatic rings. The summed E-state index contributed by atoms with van der Waals surface area (Å²) >= 11 is 0. The zero-order chi connectivity index (χ0) is 14.8. The Morgan fingerprint density at radius 2 is 2.00 bits per heavy atom. The van der Waals surface area contributed by atoms with Gasteiger partial charge in [-0.15, -0.1) is 15.3 Å². The van der Waals surface area contributed by atoms with Crippen LogP contribution in [0, 0.1) is 6.92 Å². The van der Waals surface area contributed by atoms with Gasteiger partial charge in [0.25, 0.3) is 0 Å². The summed E-state index contributed by atoms with van der Waals surface area (Å²) in [5, 5.41) is 23.8. The van der Waals surface area contributed by atoms with E-state index in [4.69, 9.17) is 9.52 Å². The molecule has 3 aromatic rings. The molecule has 106 valence electrons. The Balaban J connectivity index is 1.78. The van der Waals surface area contributed by atoms with Crippen molar-refractivity contribution >= 4 is 5.97 Å². The van der Waals surface area contributed by atoms with E-state index in [1.165, 1.54) is 10.9 Å². The zero-order valence-corrected chi connectivity index (χ0v) is 11.1.